The molecule has 0 unspecified atom stereocenters. The smallest absolute Gasteiger partial charge is 0.337 e. The minimum absolute atomic E-state index is 0.222. The third-order valence-corrected chi connectivity index (χ3v) is 4.28. The van der Waals surface area contributed by atoms with E-state index in [2.05, 4.69) is 0 Å². The van der Waals surface area contributed by atoms with Crippen LogP contribution in [0.25, 0.3) is 0 Å². The number of carbonyl (C=O) groups excluding carboxylic acids is 2. The fraction of sp³-hybridized carbons (Fsp3) is 0.333. The van der Waals surface area contributed by atoms with Gasteiger partial charge in [0.05, 0.1) is 13.2 Å². The fourth-order valence-corrected chi connectivity index (χ4v) is 2.97. The molecule has 3 rings (SSSR count). The van der Waals surface area contributed by atoms with E-state index >= 15 is 0 Å². The molecule has 2 aliphatic heterocycles. The molecule has 0 aliphatic carbocycles. The molecule has 2 saturated heterocycles. The summed E-state index contributed by atoms with van der Waals surface area (Å²) in [4.78, 5) is 28.8. The lowest BCUT2D eigenvalue weighted by atomic mass is 9.94. The number of allylic oxidation sites excluding steroid dienone is 3. The van der Waals surface area contributed by atoms with Crippen LogP contribution in [0.2, 0.25) is 0 Å². The van der Waals surface area contributed by atoms with E-state index in [4.69, 9.17) is 4.74 Å². The lowest BCUT2D eigenvalue weighted by Gasteiger charge is -2.41. The predicted molar refractivity (Wildman–Crippen MR) is 88.0 cm³/mol. The van der Waals surface area contributed by atoms with Gasteiger partial charge in [0.1, 0.15) is 0 Å². The third-order valence-electron chi connectivity index (χ3n) is 4.28. The minimum Gasteiger partial charge on any atom is -0.375 e. The van der Waals surface area contributed by atoms with Crippen LogP contribution in [-0.2, 0) is 9.53 Å². The summed E-state index contributed by atoms with van der Waals surface area (Å²) < 4.78 is 5.30. The Balaban J connectivity index is 2.07. The van der Waals surface area contributed by atoms with E-state index < -0.39 is 5.54 Å². The van der Waals surface area contributed by atoms with E-state index in [0.717, 1.165) is 11.3 Å². The van der Waals surface area contributed by atoms with Gasteiger partial charge in [-0.2, -0.15) is 0 Å². The summed E-state index contributed by atoms with van der Waals surface area (Å²) in [5.41, 5.74) is 1.49. The lowest BCUT2D eigenvalue weighted by Crippen LogP contribution is -2.64. The van der Waals surface area contributed by atoms with Crippen molar-refractivity contribution in [2.75, 3.05) is 18.1 Å². The molecule has 0 aromatic heterocycles. The maximum Gasteiger partial charge on any atom is 0.337 e. The Bertz CT molecular complexity index is 699. The van der Waals surface area contributed by atoms with Crippen molar-refractivity contribution in [1.29, 1.82) is 0 Å². The highest BCUT2D eigenvalue weighted by molar-refractivity contribution is 6.19. The van der Waals surface area contributed by atoms with Gasteiger partial charge in [-0.3, -0.25) is 9.69 Å². The lowest BCUT2D eigenvalue weighted by molar-refractivity contribution is -0.144. The number of imide groups is 1. The van der Waals surface area contributed by atoms with Gasteiger partial charge in [-0.1, -0.05) is 29.8 Å². The van der Waals surface area contributed by atoms with Crippen molar-refractivity contribution in [3.63, 3.8) is 0 Å². The second-order valence-electron chi connectivity index (χ2n) is 5.83. The van der Waals surface area contributed by atoms with Crippen molar-refractivity contribution < 1.29 is 14.3 Å². The third kappa shape index (κ3) is 2.19. The average Bonchev–Trinajstić information content (AvgIpc) is 2.74. The number of benzene rings is 1. The van der Waals surface area contributed by atoms with Gasteiger partial charge in [-0.05, 0) is 39.0 Å². The van der Waals surface area contributed by atoms with E-state index in [1.54, 1.807) is 17.1 Å². The molecule has 3 amide bonds. The van der Waals surface area contributed by atoms with E-state index in [0.29, 0.717) is 5.70 Å². The fourth-order valence-electron chi connectivity index (χ4n) is 2.97. The molecule has 0 atom stereocenters. The predicted octanol–water partition coefficient (Wildman–Crippen LogP) is 3.01. The number of rotatable bonds is 3. The van der Waals surface area contributed by atoms with E-state index in [-0.39, 0.29) is 25.2 Å². The maximum atomic E-state index is 13.0. The SMILES string of the molecule is C/C=C\C(=C/C)N1C(=O)N(c2ccc(C)cc2)C2(COC2)C1=O. The molecular weight excluding hydrogens is 292 g/mol. The standard InChI is InChI=1S/C18H20N2O3/c1-4-6-14(5-2)19-16(21)18(11-23-12-18)20(17(19)22)15-9-7-13(3)8-10-15/h4-10H,11-12H2,1-3H3/b6-4-,14-5+. The molecule has 5 heteroatoms. The van der Waals surface area contributed by atoms with Gasteiger partial charge in [0, 0.05) is 11.4 Å². The molecule has 2 aliphatic rings. The number of aryl methyl sites for hydroxylation is 1. The number of hydrogen-bond donors (Lipinski definition) is 0. The Hall–Kier alpha value is -2.40. The zero-order valence-corrected chi connectivity index (χ0v) is 13.6. The van der Waals surface area contributed by atoms with Crippen LogP contribution < -0.4 is 4.90 Å². The number of carbonyl (C=O) groups is 2. The highest BCUT2D eigenvalue weighted by Crippen LogP contribution is 2.40. The van der Waals surface area contributed by atoms with E-state index in [1.807, 2.05) is 51.1 Å². The molecular formula is C18H20N2O3. The Labute approximate surface area is 135 Å². The molecule has 0 bridgehead atoms. The van der Waals surface area contributed by atoms with Crippen molar-refractivity contribution in [1.82, 2.24) is 4.90 Å². The second kappa shape index (κ2) is 5.66. The molecule has 1 spiro atoms. The summed E-state index contributed by atoms with van der Waals surface area (Å²) in [6.07, 6.45) is 5.34. The summed E-state index contributed by atoms with van der Waals surface area (Å²) in [6.45, 7) is 6.12. The topological polar surface area (TPSA) is 49.9 Å². The molecule has 0 radical (unpaired) electrons. The first kappa shape index (κ1) is 15.5. The van der Waals surface area contributed by atoms with Crippen LogP contribution in [0.3, 0.4) is 0 Å². The van der Waals surface area contributed by atoms with Crippen molar-refractivity contribution in [2.45, 2.75) is 26.3 Å². The van der Waals surface area contributed by atoms with Crippen LogP contribution in [0.1, 0.15) is 19.4 Å². The summed E-state index contributed by atoms with van der Waals surface area (Å²) in [6, 6.07) is 7.29. The number of anilines is 1. The highest BCUT2D eigenvalue weighted by Gasteiger charge is 2.63. The first-order valence-corrected chi connectivity index (χ1v) is 7.67. The Morgan fingerprint density at radius 3 is 2.30 bits per heavy atom. The van der Waals surface area contributed by atoms with Crippen LogP contribution in [-0.4, -0.2) is 35.6 Å². The first-order chi connectivity index (χ1) is 11.0. The van der Waals surface area contributed by atoms with E-state index in [9.17, 15) is 9.59 Å². The molecule has 2 heterocycles. The number of hydrogen-bond acceptors (Lipinski definition) is 3. The molecule has 0 N–H and O–H groups in total. The number of amides is 3. The first-order valence-electron chi connectivity index (χ1n) is 7.67. The van der Waals surface area contributed by atoms with Crippen LogP contribution in [0.15, 0.2) is 48.2 Å². The summed E-state index contributed by atoms with van der Waals surface area (Å²) in [5.74, 6) is -0.222. The Morgan fingerprint density at radius 2 is 1.83 bits per heavy atom. The quantitative estimate of drug-likeness (QED) is 0.637. The molecule has 1 aromatic rings. The second-order valence-corrected chi connectivity index (χ2v) is 5.83. The largest absolute Gasteiger partial charge is 0.375 e. The van der Waals surface area contributed by atoms with Gasteiger partial charge in [0.25, 0.3) is 5.91 Å². The van der Waals surface area contributed by atoms with Crippen LogP contribution in [0.4, 0.5) is 10.5 Å². The summed E-state index contributed by atoms with van der Waals surface area (Å²) >= 11 is 0. The summed E-state index contributed by atoms with van der Waals surface area (Å²) in [5, 5.41) is 0. The van der Waals surface area contributed by atoms with Crippen molar-refractivity contribution >= 4 is 17.6 Å². The number of ether oxygens (including phenoxy) is 1. The van der Waals surface area contributed by atoms with Gasteiger partial charge in [0.2, 0.25) is 0 Å². The van der Waals surface area contributed by atoms with Crippen LogP contribution >= 0.6 is 0 Å². The Kier molecular flexibility index (Phi) is 3.82. The summed E-state index contributed by atoms with van der Waals surface area (Å²) in [7, 11) is 0. The molecule has 5 nitrogen and oxygen atoms in total. The highest BCUT2D eigenvalue weighted by atomic mass is 16.5. The monoisotopic (exact) mass is 312 g/mol. The molecule has 1 aromatic carbocycles. The molecule has 2 fully saturated rings. The van der Waals surface area contributed by atoms with E-state index in [1.165, 1.54) is 4.90 Å². The molecule has 23 heavy (non-hydrogen) atoms. The Morgan fingerprint density at radius 1 is 1.17 bits per heavy atom. The maximum absolute atomic E-state index is 13.0. The van der Waals surface area contributed by atoms with Gasteiger partial charge in [-0.25, -0.2) is 9.69 Å². The number of urea groups is 1. The van der Waals surface area contributed by atoms with Crippen LogP contribution in [0, 0.1) is 6.92 Å². The molecule has 0 saturated carbocycles. The van der Waals surface area contributed by atoms with Gasteiger partial charge in [-0.15, -0.1) is 0 Å². The molecule has 120 valence electrons. The zero-order valence-electron chi connectivity index (χ0n) is 13.6. The average molecular weight is 312 g/mol. The van der Waals surface area contributed by atoms with Crippen molar-refractivity contribution in [3.05, 3.63) is 53.8 Å². The minimum atomic E-state index is -0.915. The van der Waals surface area contributed by atoms with Crippen LogP contribution in [0.5, 0.6) is 0 Å². The van der Waals surface area contributed by atoms with Gasteiger partial charge in [0.15, 0.2) is 5.54 Å². The zero-order chi connectivity index (χ0) is 16.6. The van der Waals surface area contributed by atoms with Gasteiger partial charge >= 0.3 is 6.03 Å². The van der Waals surface area contributed by atoms with Crippen molar-refractivity contribution in [3.8, 4) is 0 Å². The number of nitrogens with zero attached hydrogens (tertiary/aromatic N) is 2. The van der Waals surface area contributed by atoms with Crippen molar-refractivity contribution in [2.24, 2.45) is 0 Å². The van der Waals surface area contributed by atoms with Gasteiger partial charge < -0.3 is 4.74 Å². The normalized spacial score (nSPS) is 20.7.